The molecule has 1 aliphatic heterocycles. The van der Waals surface area contributed by atoms with E-state index in [-0.39, 0.29) is 0 Å². The van der Waals surface area contributed by atoms with Gasteiger partial charge in [-0.05, 0) is 12.1 Å². The van der Waals surface area contributed by atoms with E-state index in [4.69, 9.17) is 15.2 Å². The van der Waals surface area contributed by atoms with Crippen molar-refractivity contribution in [2.75, 3.05) is 37.8 Å². The standard InChI is InChI=1S/C16H21N5O2/c17-12-14-11-15(21-6-9-22-10-7-21)20-16(19-14)23-8-4-13-3-1-2-5-18-13/h1-3,5,11H,4,6-10,12,17H2. The van der Waals surface area contributed by atoms with Gasteiger partial charge in [0.2, 0.25) is 0 Å². The Kier molecular flexibility index (Phi) is 5.33. The Morgan fingerprint density at radius 2 is 2.04 bits per heavy atom. The molecule has 23 heavy (non-hydrogen) atoms. The van der Waals surface area contributed by atoms with Gasteiger partial charge in [0, 0.05) is 44.0 Å². The van der Waals surface area contributed by atoms with Crippen LogP contribution in [0.5, 0.6) is 6.01 Å². The monoisotopic (exact) mass is 315 g/mol. The van der Waals surface area contributed by atoms with Crippen LogP contribution in [0, 0.1) is 0 Å². The van der Waals surface area contributed by atoms with E-state index in [1.165, 1.54) is 0 Å². The number of hydrogen-bond donors (Lipinski definition) is 1. The van der Waals surface area contributed by atoms with Gasteiger partial charge in [-0.25, -0.2) is 0 Å². The first-order chi connectivity index (χ1) is 11.3. The number of rotatable bonds is 6. The number of aromatic nitrogens is 3. The van der Waals surface area contributed by atoms with Crippen molar-refractivity contribution in [1.29, 1.82) is 0 Å². The molecule has 0 atom stereocenters. The van der Waals surface area contributed by atoms with Gasteiger partial charge in [-0.15, -0.1) is 0 Å². The van der Waals surface area contributed by atoms with E-state index in [2.05, 4.69) is 19.9 Å². The minimum absolute atomic E-state index is 0.358. The zero-order chi connectivity index (χ0) is 15.9. The van der Waals surface area contributed by atoms with Gasteiger partial charge in [0.25, 0.3) is 0 Å². The lowest BCUT2D eigenvalue weighted by molar-refractivity contribution is 0.122. The molecule has 2 aromatic rings. The second-order valence-corrected chi connectivity index (χ2v) is 5.22. The lowest BCUT2D eigenvalue weighted by Gasteiger charge is -2.28. The summed E-state index contributed by atoms with van der Waals surface area (Å²) < 4.78 is 11.1. The van der Waals surface area contributed by atoms with Crippen LogP contribution in [0.4, 0.5) is 5.82 Å². The van der Waals surface area contributed by atoms with Crippen LogP contribution in [0.25, 0.3) is 0 Å². The first kappa shape index (κ1) is 15.6. The van der Waals surface area contributed by atoms with Crippen LogP contribution >= 0.6 is 0 Å². The number of ether oxygens (including phenoxy) is 2. The summed E-state index contributed by atoms with van der Waals surface area (Å²) in [7, 11) is 0. The summed E-state index contributed by atoms with van der Waals surface area (Å²) in [6.45, 7) is 3.88. The highest BCUT2D eigenvalue weighted by molar-refractivity contribution is 5.41. The van der Waals surface area contributed by atoms with Crippen LogP contribution in [-0.2, 0) is 17.7 Å². The summed E-state index contributed by atoms with van der Waals surface area (Å²) in [6, 6.07) is 8.11. The Bertz CT molecular complexity index is 617. The molecular weight excluding hydrogens is 294 g/mol. The number of pyridine rings is 1. The topological polar surface area (TPSA) is 86.4 Å². The average Bonchev–Trinajstić information content (AvgIpc) is 2.63. The van der Waals surface area contributed by atoms with Crippen molar-refractivity contribution in [1.82, 2.24) is 15.0 Å². The van der Waals surface area contributed by atoms with Gasteiger partial charge in [-0.3, -0.25) is 4.98 Å². The molecule has 7 nitrogen and oxygen atoms in total. The van der Waals surface area contributed by atoms with Crippen LogP contribution < -0.4 is 15.4 Å². The molecule has 122 valence electrons. The van der Waals surface area contributed by atoms with E-state index >= 15 is 0 Å². The maximum Gasteiger partial charge on any atom is 0.318 e. The van der Waals surface area contributed by atoms with Gasteiger partial charge < -0.3 is 20.1 Å². The van der Waals surface area contributed by atoms with Crippen LogP contribution in [0.3, 0.4) is 0 Å². The highest BCUT2D eigenvalue weighted by atomic mass is 16.5. The minimum atomic E-state index is 0.358. The first-order valence-corrected chi connectivity index (χ1v) is 7.78. The van der Waals surface area contributed by atoms with Crippen LogP contribution in [0.2, 0.25) is 0 Å². The Hall–Kier alpha value is -2.25. The van der Waals surface area contributed by atoms with Crippen LogP contribution in [0.15, 0.2) is 30.5 Å². The molecule has 0 saturated carbocycles. The lowest BCUT2D eigenvalue weighted by Crippen LogP contribution is -2.37. The predicted molar refractivity (Wildman–Crippen MR) is 86.4 cm³/mol. The summed E-state index contributed by atoms with van der Waals surface area (Å²) >= 11 is 0. The fourth-order valence-electron chi connectivity index (χ4n) is 2.38. The molecular formula is C16H21N5O2. The molecule has 7 heteroatoms. The van der Waals surface area contributed by atoms with Crippen molar-refractivity contribution in [2.24, 2.45) is 5.73 Å². The molecule has 1 aliphatic rings. The largest absolute Gasteiger partial charge is 0.463 e. The smallest absolute Gasteiger partial charge is 0.318 e. The van der Waals surface area contributed by atoms with Crippen molar-refractivity contribution in [3.05, 3.63) is 41.9 Å². The van der Waals surface area contributed by atoms with Crippen molar-refractivity contribution in [3.63, 3.8) is 0 Å². The van der Waals surface area contributed by atoms with Crippen LogP contribution in [-0.4, -0.2) is 47.9 Å². The van der Waals surface area contributed by atoms with E-state index in [1.54, 1.807) is 6.20 Å². The van der Waals surface area contributed by atoms with Gasteiger partial charge in [-0.1, -0.05) is 6.07 Å². The quantitative estimate of drug-likeness (QED) is 0.843. The van der Waals surface area contributed by atoms with Gasteiger partial charge in [-0.2, -0.15) is 9.97 Å². The SMILES string of the molecule is NCc1cc(N2CCOCC2)nc(OCCc2ccccn2)n1. The Morgan fingerprint density at radius 1 is 1.17 bits per heavy atom. The Balaban J connectivity index is 1.65. The van der Waals surface area contributed by atoms with Crippen molar-refractivity contribution >= 4 is 5.82 Å². The van der Waals surface area contributed by atoms with Gasteiger partial charge in [0.15, 0.2) is 0 Å². The summed E-state index contributed by atoms with van der Waals surface area (Å²) in [6.07, 6.45) is 2.49. The van der Waals surface area contributed by atoms with Crippen LogP contribution in [0.1, 0.15) is 11.4 Å². The number of nitrogens with two attached hydrogens (primary N) is 1. The predicted octanol–water partition coefficient (Wildman–Crippen LogP) is 0.788. The van der Waals surface area contributed by atoms with Crippen molar-refractivity contribution in [2.45, 2.75) is 13.0 Å². The summed E-state index contributed by atoms with van der Waals surface area (Å²) in [5, 5.41) is 0. The number of hydrogen-bond acceptors (Lipinski definition) is 7. The minimum Gasteiger partial charge on any atom is -0.463 e. The van der Waals surface area contributed by atoms with E-state index in [0.717, 1.165) is 30.3 Å². The summed E-state index contributed by atoms with van der Waals surface area (Å²) in [5.41, 5.74) is 7.49. The molecule has 0 bridgehead atoms. The maximum absolute atomic E-state index is 5.74. The zero-order valence-electron chi connectivity index (χ0n) is 13.0. The molecule has 0 aromatic carbocycles. The third kappa shape index (κ3) is 4.37. The molecule has 3 heterocycles. The number of anilines is 1. The molecule has 0 aliphatic carbocycles. The van der Waals surface area contributed by atoms with E-state index in [9.17, 15) is 0 Å². The maximum atomic E-state index is 5.74. The van der Waals surface area contributed by atoms with E-state index in [1.807, 2.05) is 24.3 Å². The first-order valence-electron chi connectivity index (χ1n) is 7.78. The average molecular weight is 315 g/mol. The van der Waals surface area contributed by atoms with E-state index in [0.29, 0.717) is 38.8 Å². The highest BCUT2D eigenvalue weighted by Gasteiger charge is 2.15. The third-order valence-electron chi connectivity index (χ3n) is 3.60. The molecule has 0 unspecified atom stereocenters. The highest BCUT2D eigenvalue weighted by Crippen LogP contribution is 2.17. The fourth-order valence-corrected chi connectivity index (χ4v) is 2.38. The van der Waals surface area contributed by atoms with Gasteiger partial charge in [0.05, 0.1) is 25.5 Å². The summed E-state index contributed by atoms with van der Waals surface area (Å²) in [4.78, 5) is 15.3. The molecule has 2 aromatic heterocycles. The second kappa shape index (κ2) is 7.85. The molecule has 1 fully saturated rings. The Morgan fingerprint density at radius 3 is 2.78 bits per heavy atom. The van der Waals surface area contributed by atoms with Crippen molar-refractivity contribution in [3.8, 4) is 6.01 Å². The molecule has 2 N–H and O–H groups in total. The number of morpholine rings is 1. The fraction of sp³-hybridized carbons (Fsp3) is 0.438. The molecule has 1 saturated heterocycles. The number of nitrogens with zero attached hydrogens (tertiary/aromatic N) is 4. The normalized spacial score (nSPS) is 14.7. The molecule has 0 radical (unpaired) electrons. The lowest BCUT2D eigenvalue weighted by atomic mass is 10.3. The molecule has 3 rings (SSSR count). The Labute approximate surface area is 135 Å². The molecule has 0 spiro atoms. The zero-order valence-corrected chi connectivity index (χ0v) is 13.0. The third-order valence-corrected chi connectivity index (χ3v) is 3.60. The molecule has 0 amide bonds. The summed E-state index contributed by atoms with van der Waals surface area (Å²) in [5.74, 6) is 0.844. The second-order valence-electron chi connectivity index (χ2n) is 5.22. The van der Waals surface area contributed by atoms with Gasteiger partial charge in [0.1, 0.15) is 5.82 Å². The van der Waals surface area contributed by atoms with Crippen molar-refractivity contribution < 1.29 is 9.47 Å². The van der Waals surface area contributed by atoms with Gasteiger partial charge >= 0.3 is 6.01 Å². The van der Waals surface area contributed by atoms with E-state index < -0.39 is 0 Å².